The second-order valence-electron chi connectivity index (χ2n) is 12.6. The van der Waals surface area contributed by atoms with Gasteiger partial charge in [0, 0.05) is 38.6 Å². The topological polar surface area (TPSA) is 172 Å². The van der Waals surface area contributed by atoms with Gasteiger partial charge < -0.3 is 36.6 Å². The molecule has 13 heteroatoms. The quantitative estimate of drug-likeness (QED) is 0.174. The predicted octanol–water partition coefficient (Wildman–Crippen LogP) is 2.94. The van der Waals surface area contributed by atoms with Crippen molar-refractivity contribution >= 4 is 48.0 Å². The van der Waals surface area contributed by atoms with Crippen LogP contribution in [-0.2, 0) is 36.8 Å². The van der Waals surface area contributed by atoms with Crippen LogP contribution in [0.2, 0.25) is 0 Å². The number of hydrogen-bond acceptors (Lipinski definition) is 7. The Morgan fingerprint density at radius 3 is 2.32 bits per heavy atom. The Labute approximate surface area is 317 Å². The molecule has 0 spiro atoms. The molecule has 2 atom stereocenters. The highest BCUT2D eigenvalue weighted by Gasteiger charge is 2.27. The number of ether oxygens (including phenoxy) is 1. The largest absolute Gasteiger partial charge is 0.492 e. The molecule has 0 radical (unpaired) electrons. The number of amides is 5. The van der Waals surface area contributed by atoms with Crippen LogP contribution in [0.1, 0.15) is 48.8 Å². The fourth-order valence-electron chi connectivity index (χ4n) is 5.75. The van der Waals surface area contributed by atoms with Crippen LogP contribution in [0.15, 0.2) is 91.0 Å². The van der Waals surface area contributed by atoms with Gasteiger partial charge in [-0.15, -0.1) is 12.4 Å². The second-order valence-corrected chi connectivity index (χ2v) is 12.6. The monoisotopic (exact) mass is 746 g/mol. The molecule has 3 aromatic carbocycles. The summed E-state index contributed by atoms with van der Waals surface area (Å²) in [4.78, 5) is 68.2. The lowest BCUT2D eigenvalue weighted by molar-refractivity contribution is -0.132. The van der Waals surface area contributed by atoms with E-state index in [1.54, 1.807) is 35.2 Å². The molecule has 1 heterocycles. The van der Waals surface area contributed by atoms with Gasteiger partial charge in [-0.2, -0.15) is 0 Å². The van der Waals surface area contributed by atoms with Gasteiger partial charge in [0.2, 0.25) is 29.5 Å². The fraction of sp³-hybridized carbons (Fsp3) is 0.375. The lowest BCUT2D eigenvalue weighted by Crippen LogP contribution is -2.55. The minimum absolute atomic E-state index is 0. The molecule has 1 aliphatic rings. The van der Waals surface area contributed by atoms with Crippen LogP contribution in [0.4, 0.5) is 0 Å². The molecule has 0 saturated carbocycles. The maximum Gasteiger partial charge on any atom is 0.246 e. The van der Waals surface area contributed by atoms with E-state index in [4.69, 9.17) is 10.5 Å². The third-order valence-electron chi connectivity index (χ3n) is 8.51. The number of nitrogens with zero attached hydrogens (tertiary/aromatic N) is 1. The van der Waals surface area contributed by atoms with Crippen molar-refractivity contribution in [2.45, 2.75) is 57.0 Å². The summed E-state index contributed by atoms with van der Waals surface area (Å²) in [7, 11) is 0. The summed E-state index contributed by atoms with van der Waals surface area (Å²) in [5, 5.41) is 11.5. The number of carbonyl (C=O) groups excluding carboxylic acids is 5. The van der Waals surface area contributed by atoms with E-state index in [-0.39, 0.29) is 75.6 Å². The summed E-state index contributed by atoms with van der Waals surface area (Å²) in [6.07, 6.45) is 5.65. The molecule has 284 valence electrons. The smallest absolute Gasteiger partial charge is 0.246 e. The van der Waals surface area contributed by atoms with Crippen molar-refractivity contribution in [2.24, 2.45) is 5.73 Å². The van der Waals surface area contributed by atoms with E-state index >= 15 is 0 Å². The SMILES string of the molecule is Cl.NCCCC[C@@H]1NC(=O)Cc2cccc(c2)OCCNC(=O)CCCN(C(=O)/C=C/c2ccccc2)CCNC(=O)[C@@H](Cc2ccccc2)NC1=O. The van der Waals surface area contributed by atoms with E-state index in [2.05, 4.69) is 21.3 Å². The maximum absolute atomic E-state index is 13.8. The zero-order chi connectivity index (χ0) is 37.0. The highest BCUT2D eigenvalue weighted by atomic mass is 35.5. The number of rotatable bonds is 8. The van der Waals surface area contributed by atoms with E-state index in [0.717, 1.165) is 11.1 Å². The van der Waals surface area contributed by atoms with Crippen LogP contribution in [0, 0.1) is 0 Å². The Kier molecular flexibility index (Phi) is 18.6. The number of hydrogen-bond donors (Lipinski definition) is 5. The Morgan fingerprint density at radius 1 is 0.811 bits per heavy atom. The molecule has 0 saturated heterocycles. The van der Waals surface area contributed by atoms with Crippen LogP contribution < -0.4 is 31.7 Å². The molecule has 1 aliphatic heterocycles. The lowest BCUT2D eigenvalue weighted by atomic mass is 10.0. The third-order valence-corrected chi connectivity index (χ3v) is 8.51. The van der Waals surface area contributed by atoms with Crippen molar-refractivity contribution in [2.75, 3.05) is 39.3 Å². The summed E-state index contributed by atoms with van der Waals surface area (Å²) < 4.78 is 5.82. The number of benzene rings is 3. The molecule has 0 aromatic heterocycles. The third kappa shape index (κ3) is 15.5. The minimum Gasteiger partial charge on any atom is -0.492 e. The van der Waals surface area contributed by atoms with Crippen molar-refractivity contribution in [3.63, 3.8) is 0 Å². The number of nitrogens with one attached hydrogen (secondary N) is 4. The Balaban J connectivity index is 0.00000756. The average molecular weight is 747 g/mol. The van der Waals surface area contributed by atoms with E-state index in [1.165, 1.54) is 6.08 Å². The molecule has 4 rings (SSSR count). The van der Waals surface area contributed by atoms with Crippen molar-refractivity contribution in [3.8, 4) is 5.75 Å². The van der Waals surface area contributed by atoms with E-state index < -0.39 is 23.9 Å². The molecule has 0 unspecified atom stereocenters. The predicted molar refractivity (Wildman–Crippen MR) is 207 cm³/mol. The van der Waals surface area contributed by atoms with Crippen LogP contribution in [-0.4, -0.2) is 85.9 Å². The number of fused-ring (bicyclic) bond motifs is 2. The Morgan fingerprint density at radius 2 is 1.57 bits per heavy atom. The van der Waals surface area contributed by atoms with Gasteiger partial charge in [0.05, 0.1) is 13.0 Å². The van der Waals surface area contributed by atoms with Gasteiger partial charge in [0.25, 0.3) is 0 Å². The molecule has 0 fully saturated rings. The Bertz CT molecular complexity index is 1640. The summed E-state index contributed by atoms with van der Waals surface area (Å²) in [5.74, 6) is -1.14. The lowest BCUT2D eigenvalue weighted by Gasteiger charge is -2.25. The summed E-state index contributed by atoms with van der Waals surface area (Å²) in [6.45, 7) is 1.54. The number of unbranched alkanes of at least 4 members (excludes halogenated alkanes) is 1. The van der Waals surface area contributed by atoms with E-state index in [0.29, 0.717) is 50.1 Å². The summed E-state index contributed by atoms with van der Waals surface area (Å²) >= 11 is 0. The van der Waals surface area contributed by atoms with Gasteiger partial charge in [-0.05, 0) is 67.1 Å². The molecule has 6 N–H and O–H groups in total. The first-order chi connectivity index (χ1) is 25.3. The van der Waals surface area contributed by atoms with Crippen LogP contribution >= 0.6 is 12.4 Å². The van der Waals surface area contributed by atoms with Gasteiger partial charge in [-0.1, -0.05) is 72.8 Å². The first-order valence-electron chi connectivity index (χ1n) is 17.9. The van der Waals surface area contributed by atoms with Crippen molar-refractivity contribution in [3.05, 3.63) is 108 Å². The first-order valence-corrected chi connectivity index (χ1v) is 17.9. The molecule has 53 heavy (non-hydrogen) atoms. The zero-order valence-corrected chi connectivity index (χ0v) is 30.8. The second kappa shape index (κ2) is 23.4. The molecule has 3 aromatic rings. The van der Waals surface area contributed by atoms with Gasteiger partial charge in [-0.3, -0.25) is 24.0 Å². The van der Waals surface area contributed by atoms with Crippen LogP contribution in [0.25, 0.3) is 6.08 Å². The number of halogens is 1. The van der Waals surface area contributed by atoms with E-state index in [1.807, 2.05) is 60.7 Å². The molecular weight excluding hydrogens is 696 g/mol. The zero-order valence-electron chi connectivity index (χ0n) is 30.0. The molecule has 0 aliphatic carbocycles. The summed E-state index contributed by atoms with van der Waals surface area (Å²) in [5.41, 5.74) is 8.11. The van der Waals surface area contributed by atoms with Gasteiger partial charge in [0.1, 0.15) is 24.4 Å². The Hall–Kier alpha value is -5.20. The van der Waals surface area contributed by atoms with Gasteiger partial charge in [0.15, 0.2) is 0 Å². The minimum atomic E-state index is -0.954. The fourth-order valence-corrected chi connectivity index (χ4v) is 5.75. The van der Waals surface area contributed by atoms with Gasteiger partial charge >= 0.3 is 0 Å². The first kappa shape index (κ1) is 42.2. The highest BCUT2D eigenvalue weighted by Crippen LogP contribution is 2.14. The van der Waals surface area contributed by atoms with Crippen molar-refractivity contribution in [1.29, 1.82) is 0 Å². The van der Waals surface area contributed by atoms with Gasteiger partial charge in [-0.25, -0.2) is 0 Å². The van der Waals surface area contributed by atoms with Crippen LogP contribution in [0.3, 0.4) is 0 Å². The normalized spacial score (nSPS) is 18.4. The van der Waals surface area contributed by atoms with Crippen molar-refractivity contribution < 1.29 is 28.7 Å². The molecular formula is C40H51ClN6O6. The van der Waals surface area contributed by atoms with Crippen LogP contribution in [0.5, 0.6) is 5.75 Å². The highest BCUT2D eigenvalue weighted by molar-refractivity contribution is 5.93. The molecule has 12 nitrogen and oxygen atoms in total. The summed E-state index contributed by atoms with van der Waals surface area (Å²) in [6, 6.07) is 24.0. The van der Waals surface area contributed by atoms with E-state index in [9.17, 15) is 24.0 Å². The maximum atomic E-state index is 13.8. The standard InChI is InChI=1S/C40H50N6O6.ClH/c41-21-8-7-17-34-40(51)45-35(28-31-13-5-2-6-14-31)39(50)43-22-25-46(38(49)20-19-30-11-3-1-4-12-30)24-10-18-36(47)42-23-26-52-33-16-9-15-32(27-33)29-37(48)44-34;/h1-6,9,11-16,19-20,27,34-35H,7-8,10,17-18,21-26,28-29,41H2,(H,42,47)(H,43,50)(H,44,48)(H,45,51);1H/b20-19+;/t34-,35+;/m0./s1. The number of nitrogens with two attached hydrogens (primary N) is 1. The number of carbonyl (C=O) groups is 5. The molecule has 5 amide bonds. The average Bonchev–Trinajstić information content (AvgIpc) is 3.15. The van der Waals surface area contributed by atoms with Crippen molar-refractivity contribution in [1.82, 2.24) is 26.2 Å². The molecule has 2 bridgehead atoms.